The maximum Gasteiger partial charge on any atom is 0.264 e. The Labute approximate surface area is 168 Å². The molecule has 0 bridgehead atoms. The highest BCUT2D eigenvalue weighted by Crippen LogP contribution is 2.30. The monoisotopic (exact) mass is 394 g/mol. The summed E-state index contributed by atoms with van der Waals surface area (Å²) in [5, 5.41) is 1.99. The number of rotatable bonds is 4. The number of carbonyl (C=O) groups is 1. The van der Waals surface area contributed by atoms with Gasteiger partial charge >= 0.3 is 0 Å². The van der Waals surface area contributed by atoms with Crippen LogP contribution in [0.5, 0.6) is 5.88 Å². The van der Waals surface area contributed by atoms with Gasteiger partial charge in [-0.05, 0) is 23.9 Å². The summed E-state index contributed by atoms with van der Waals surface area (Å²) in [5.74, 6) is 1.38. The molecule has 1 amide bonds. The third-order valence-corrected chi connectivity index (χ3v) is 5.82. The standard InChI is InChI=1S/C21H22N4O2S/c1-15-3-5-16(6-4-15)17-7-12-28-20(17)21(26)25-10-8-24(9-11-25)18-13-22-14-19(23-18)27-2/h3-7,12-14H,8-11H2,1-2H3. The van der Waals surface area contributed by atoms with Crippen LogP contribution in [-0.2, 0) is 0 Å². The molecule has 3 heterocycles. The molecule has 0 aliphatic carbocycles. The van der Waals surface area contributed by atoms with E-state index in [9.17, 15) is 4.79 Å². The third kappa shape index (κ3) is 3.71. The maximum absolute atomic E-state index is 13.1. The lowest BCUT2D eigenvalue weighted by Gasteiger charge is -2.35. The molecule has 7 heteroatoms. The van der Waals surface area contributed by atoms with Crippen LogP contribution in [0.4, 0.5) is 5.82 Å². The second-order valence-corrected chi connectivity index (χ2v) is 7.64. The number of piperazine rings is 1. The number of amides is 1. The fourth-order valence-electron chi connectivity index (χ4n) is 3.31. The number of aromatic nitrogens is 2. The van der Waals surface area contributed by atoms with Gasteiger partial charge < -0.3 is 14.5 Å². The van der Waals surface area contributed by atoms with Crippen molar-refractivity contribution in [2.45, 2.75) is 6.92 Å². The van der Waals surface area contributed by atoms with Gasteiger partial charge in [0.1, 0.15) is 0 Å². The molecule has 0 N–H and O–H groups in total. The molecule has 1 fully saturated rings. The molecule has 0 unspecified atom stereocenters. The van der Waals surface area contributed by atoms with Crippen molar-refractivity contribution < 1.29 is 9.53 Å². The zero-order chi connectivity index (χ0) is 19.5. The molecule has 6 nitrogen and oxygen atoms in total. The Kier molecular flexibility index (Phi) is 5.25. The van der Waals surface area contributed by atoms with Crippen molar-refractivity contribution in [3.05, 3.63) is 58.5 Å². The van der Waals surface area contributed by atoms with Crippen molar-refractivity contribution in [3.8, 4) is 17.0 Å². The van der Waals surface area contributed by atoms with Gasteiger partial charge in [0.2, 0.25) is 5.88 Å². The number of carbonyl (C=O) groups excluding carboxylic acids is 1. The first-order chi connectivity index (χ1) is 13.7. The highest BCUT2D eigenvalue weighted by Gasteiger charge is 2.26. The Balaban J connectivity index is 1.46. The summed E-state index contributed by atoms with van der Waals surface area (Å²) >= 11 is 1.51. The first-order valence-electron chi connectivity index (χ1n) is 9.20. The molecule has 3 aromatic rings. The SMILES string of the molecule is COc1cncc(N2CCN(C(=O)c3sccc3-c3ccc(C)cc3)CC2)n1. The van der Waals surface area contributed by atoms with Gasteiger partial charge in [-0.1, -0.05) is 29.8 Å². The number of anilines is 1. The Bertz CT molecular complexity index is 963. The van der Waals surface area contributed by atoms with Crippen LogP contribution in [0.15, 0.2) is 48.1 Å². The number of hydrogen-bond donors (Lipinski definition) is 0. The van der Waals surface area contributed by atoms with E-state index >= 15 is 0 Å². The average molecular weight is 395 g/mol. The molecule has 0 saturated carbocycles. The summed E-state index contributed by atoms with van der Waals surface area (Å²) in [4.78, 5) is 26.6. The smallest absolute Gasteiger partial charge is 0.264 e. The van der Waals surface area contributed by atoms with Crippen LogP contribution < -0.4 is 9.64 Å². The van der Waals surface area contributed by atoms with Gasteiger partial charge in [-0.3, -0.25) is 9.78 Å². The molecule has 1 aliphatic rings. The second kappa shape index (κ2) is 7.98. The van der Waals surface area contributed by atoms with E-state index in [1.54, 1.807) is 19.5 Å². The quantitative estimate of drug-likeness (QED) is 0.678. The van der Waals surface area contributed by atoms with Crippen LogP contribution in [-0.4, -0.2) is 54.1 Å². The van der Waals surface area contributed by atoms with E-state index in [1.165, 1.54) is 16.9 Å². The summed E-state index contributed by atoms with van der Waals surface area (Å²) in [5.41, 5.74) is 3.31. The molecule has 1 aromatic carbocycles. The molecule has 2 aromatic heterocycles. The molecule has 144 valence electrons. The lowest BCUT2D eigenvalue weighted by atomic mass is 10.0. The highest BCUT2D eigenvalue weighted by molar-refractivity contribution is 7.12. The minimum Gasteiger partial charge on any atom is -0.480 e. The summed E-state index contributed by atoms with van der Waals surface area (Å²) < 4.78 is 5.15. The fraction of sp³-hybridized carbons (Fsp3) is 0.286. The first-order valence-corrected chi connectivity index (χ1v) is 10.1. The molecular formula is C21H22N4O2S. The second-order valence-electron chi connectivity index (χ2n) is 6.73. The van der Waals surface area contributed by atoms with Gasteiger partial charge in [-0.2, -0.15) is 4.98 Å². The van der Waals surface area contributed by atoms with Crippen LogP contribution in [0.3, 0.4) is 0 Å². The molecule has 0 radical (unpaired) electrons. The molecule has 0 spiro atoms. The van der Waals surface area contributed by atoms with Gasteiger partial charge in [0, 0.05) is 31.7 Å². The van der Waals surface area contributed by atoms with Crippen molar-refractivity contribution in [1.82, 2.24) is 14.9 Å². The predicted molar refractivity (Wildman–Crippen MR) is 111 cm³/mol. The molecular weight excluding hydrogens is 372 g/mol. The summed E-state index contributed by atoms with van der Waals surface area (Å²) in [6.07, 6.45) is 3.32. The molecule has 28 heavy (non-hydrogen) atoms. The van der Waals surface area contributed by atoms with Gasteiger partial charge in [-0.15, -0.1) is 11.3 Å². The van der Waals surface area contributed by atoms with Crippen molar-refractivity contribution in [2.24, 2.45) is 0 Å². The number of ether oxygens (including phenoxy) is 1. The number of nitrogens with zero attached hydrogens (tertiary/aromatic N) is 4. The largest absolute Gasteiger partial charge is 0.480 e. The molecule has 1 aliphatic heterocycles. The van der Waals surface area contributed by atoms with E-state index in [0.717, 1.165) is 34.9 Å². The van der Waals surface area contributed by atoms with Gasteiger partial charge in [0.25, 0.3) is 5.91 Å². The molecule has 4 rings (SSSR count). The van der Waals surface area contributed by atoms with Crippen LogP contribution in [0.2, 0.25) is 0 Å². The summed E-state index contributed by atoms with van der Waals surface area (Å²) in [6, 6.07) is 10.3. The first kappa shape index (κ1) is 18.4. The van der Waals surface area contributed by atoms with Gasteiger partial charge in [0.05, 0.1) is 24.4 Å². The van der Waals surface area contributed by atoms with Crippen LogP contribution in [0.1, 0.15) is 15.2 Å². The van der Waals surface area contributed by atoms with Crippen molar-refractivity contribution in [3.63, 3.8) is 0 Å². The third-order valence-electron chi connectivity index (χ3n) is 4.92. The van der Waals surface area contributed by atoms with E-state index in [4.69, 9.17) is 4.74 Å². The van der Waals surface area contributed by atoms with E-state index < -0.39 is 0 Å². The van der Waals surface area contributed by atoms with E-state index in [1.807, 2.05) is 16.3 Å². The zero-order valence-corrected chi connectivity index (χ0v) is 16.8. The lowest BCUT2D eigenvalue weighted by Crippen LogP contribution is -2.49. The molecule has 0 atom stereocenters. The lowest BCUT2D eigenvalue weighted by molar-refractivity contribution is 0.0752. The van der Waals surface area contributed by atoms with Crippen molar-refractivity contribution in [1.29, 1.82) is 0 Å². The maximum atomic E-state index is 13.1. The van der Waals surface area contributed by atoms with Crippen LogP contribution in [0.25, 0.3) is 11.1 Å². The van der Waals surface area contributed by atoms with Crippen molar-refractivity contribution in [2.75, 3.05) is 38.2 Å². The fourth-order valence-corrected chi connectivity index (χ4v) is 4.19. The van der Waals surface area contributed by atoms with E-state index in [-0.39, 0.29) is 5.91 Å². The normalized spacial score (nSPS) is 14.2. The zero-order valence-electron chi connectivity index (χ0n) is 16.0. The van der Waals surface area contributed by atoms with Crippen LogP contribution in [0, 0.1) is 6.92 Å². The number of methoxy groups -OCH3 is 1. The topological polar surface area (TPSA) is 58.6 Å². The van der Waals surface area contributed by atoms with Gasteiger partial charge in [0.15, 0.2) is 5.82 Å². The van der Waals surface area contributed by atoms with Crippen molar-refractivity contribution >= 4 is 23.1 Å². The Hall–Kier alpha value is -2.93. The summed E-state index contributed by atoms with van der Waals surface area (Å²) in [7, 11) is 1.58. The Morgan fingerprint density at radius 2 is 1.82 bits per heavy atom. The van der Waals surface area contributed by atoms with E-state index in [0.29, 0.717) is 19.0 Å². The number of hydrogen-bond acceptors (Lipinski definition) is 6. The highest BCUT2D eigenvalue weighted by atomic mass is 32.1. The summed E-state index contributed by atoms with van der Waals surface area (Å²) in [6.45, 7) is 4.82. The number of thiophene rings is 1. The van der Waals surface area contributed by atoms with E-state index in [2.05, 4.69) is 46.1 Å². The number of aryl methyl sites for hydroxylation is 1. The van der Waals surface area contributed by atoms with Gasteiger partial charge in [-0.25, -0.2) is 0 Å². The minimum absolute atomic E-state index is 0.0990. The van der Waals surface area contributed by atoms with Crippen LogP contribution >= 0.6 is 11.3 Å². The predicted octanol–water partition coefficient (Wildman–Crippen LogP) is 3.48. The minimum atomic E-state index is 0.0990. The average Bonchev–Trinajstić information content (AvgIpc) is 3.24. The molecule has 1 saturated heterocycles. The Morgan fingerprint density at radius 3 is 2.54 bits per heavy atom. The Morgan fingerprint density at radius 1 is 1.07 bits per heavy atom. The number of benzene rings is 1.